The van der Waals surface area contributed by atoms with Crippen LogP contribution in [-0.4, -0.2) is 48.8 Å². The minimum absolute atomic E-state index is 0.0564. The van der Waals surface area contributed by atoms with Gasteiger partial charge in [-0.1, -0.05) is 30.3 Å². The van der Waals surface area contributed by atoms with E-state index in [1.54, 1.807) is 0 Å². The van der Waals surface area contributed by atoms with E-state index < -0.39 is 0 Å². The van der Waals surface area contributed by atoms with Gasteiger partial charge in [0.15, 0.2) is 0 Å². The summed E-state index contributed by atoms with van der Waals surface area (Å²) in [5.74, 6) is 0.349. The largest absolute Gasteiger partial charge is 0.371 e. The third kappa shape index (κ3) is 5.40. The predicted molar refractivity (Wildman–Crippen MR) is 126 cm³/mol. The first-order valence-electron chi connectivity index (χ1n) is 11.2. The molecule has 2 amide bonds. The van der Waals surface area contributed by atoms with Crippen molar-refractivity contribution < 1.29 is 9.59 Å². The van der Waals surface area contributed by atoms with Crippen molar-refractivity contribution in [3.8, 4) is 0 Å². The van der Waals surface area contributed by atoms with E-state index in [9.17, 15) is 9.59 Å². The van der Waals surface area contributed by atoms with Crippen molar-refractivity contribution in [2.75, 3.05) is 42.3 Å². The van der Waals surface area contributed by atoms with Crippen molar-refractivity contribution in [3.63, 3.8) is 0 Å². The molecule has 0 spiro atoms. The van der Waals surface area contributed by atoms with E-state index in [4.69, 9.17) is 11.6 Å². The molecule has 1 N–H and O–H groups in total. The molecule has 0 unspecified atom stereocenters. The minimum Gasteiger partial charge on any atom is -0.371 e. The van der Waals surface area contributed by atoms with Gasteiger partial charge in [-0.15, -0.1) is 11.6 Å². The molecule has 0 radical (unpaired) electrons. The molecule has 2 aliphatic rings. The summed E-state index contributed by atoms with van der Waals surface area (Å²) in [6.45, 7) is 3.47. The van der Waals surface area contributed by atoms with Crippen molar-refractivity contribution >= 4 is 34.8 Å². The Kier molecular flexibility index (Phi) is 7.13. The van der Waals surface area contributed by atoms with Crippen LogP contribution in [0.1, 0.15) is 41.6 Å². The SMILES string of the molecule is O=C(CCl)Nc1ccc(N2CCC(Cc3ccccc3)CC2)c(C(=O)N2CCCC2)c1. The Hall–Kier alpha value is -2.53. The van der Waals surface area contributed by atoms with Crippen molar-refractivity contribution in [2.24, 2.45) is 5.92 Å². The van der Waals surface area contributed by atoms with E-state index in [0.29, 0.717) is 17.2 Å². The second-order valence-electron chi connectivity index (χ2n) is 8.53. The first-order valence-corrected chi connectivity index (χ1v) is 11.8. The zero-order valence-corrected chi connectivity index (χ0v) is 18.6. The molecule has 0 bridgehead atoms. The van der Waals surface area contributed by atoms with Gasteiger partial charge < -0.3 is 15.1 Å². The number of carbonyl (C=O) groups is 2. The van der Waals surface area contributed by atoms with Gasteiger partial charge in [0.1, 0.15) is 5.88 Å². The minimum atomic E-state index is -0.268. The number of nitrogens with zero attached hydrogens (tertiary/aromatic N) is 2. The number of piperidine rings is 1. The Labute approximate surface area is 189 Å². The molecule has 2 heterocycles. The van der Waals surface area contributed by atoms with Crippen LogP contribution in [0.2, 0.25) is 0 Å². The highest BCUT2D eigenvalue weighted by atomic mass is 35.5. The molecule has 6 heteroatoms. The van der Waals surface area contributed by atoms with Crippen LogP contribution >= 0.6 is 11.6 Å². The molecule has 0 atom stereocenters. The maximum Gasteiger partial charge on any atom is 0.256 e. The van der Waals surface area contributed by atoms with Crippen LogP contribution in [0, 0.1) is 5.92 Å². The Morgan fingerprint density at radius 2 is 1.68 bits per heavy atom. The zero-order chi connectivity index (χ0) is 21.6. The molecule has 2 saturated heterocycles. The molecule has 0 saturated carbocycles. The molecule has 0 aliphatic carbocycles. The third-order valence-corrected chi connectivity index (χ3v) is 6.59. The summed E-state index contributed by atoms with van der Waals surface area (Å²) in [5.41, 5.74) is 3.66. The third-order valence-electron chi connectivity index (χ3n) is 6.35. The van der Waals surface area contributed by atoms with E-state index in [2.05, 4.69) is 40.5 Å². The predicted octanol–water partition coefficient (Wildman–Crippen LogP) is 4.56. The van der Waals surface area contributed by atoms with E-state index in [1.807, 2.05) is 23.1 Å². The van der Waals surface area contributed by atoms with Crippen LogP contribution in [0.5, 0.6) is 0 Å². The van der Waals surface area contributed by atoms with E-state index >= 15 is 0 Å². The number of hydrogen-bond donors (Lipinski definition) is 1. The molecule has 2 fully saturated rings. The fourth-order valence-electron chi connectivity index (χ4n) is 4.67. The average Bonchev–Trinajstić information content (AvgIpc) is 3.35. The second-order valence-corrected chi connectivity index (χ2v) is 8.80. The number of benzene rings is 2. The molecule has 0 aromatic heterocycles. The van der Waals surface area contributed by atoms with Gasteiger partial charge in [0.2, 0.25) is 5.91 Å². The maximum atomic E-state index is 13.3. The lowest BCUT2D eigenvalue weighted by Gasteiger charge is -2.35. The molecule has 164 valence electrons. The standard InChI is InChI=1S/C25H30ClN3O2/c26-18-24(30)27-21-8-9-23(22(17-21)25(31)29-12-4-5-13-29)28-14-10-20(11-15-28)16-19-6-2-1-3-7-19/h1-3,6-9,17,20H,4-5,10-16,18H2,(H,27,30). The number of alkyl halides is 1. The van der Waals surface area contributed by atoms with Gasteiger partial charge in [0, 0.05) is 37.6 Å². The number of likely N-dealkylation sites (tertiary alicyclic amines) is 1. The number of amides is 2. The quantitative estimate of drug-likeness (QED) is 0.671. The average molecular weight is 440 g/mol. The van der Waals surface area contributed by atoms with E-state index in [1.165, 1.54) is 5.56 Å². The second kappa shape index (κ2) is 10.2. The van der Waals surface area contributed by atoms with Crippen molar-refractivity contribution in [3.05, 3.63) is 59.7 Å². The van der Waals surface area contributed by atoms with Gasteiger partial charge in [-0.05, 0) is 61.8 Å². The first kappa shape index (κ1) is 21.7. The fourth-order valence-corrected chi connectivity index (χ4v) is 4.74. The number of halogens is 1. The number of nitrogens with one attached hydrogen (secondary N) is 1. The highest BCUT2D eigenvalue weighted by Crippen LogP contribution is 2.31. The summed E-state index contributed by atoms with van der Waals surface area (Å²) in [4.78, 5) is 29.3. The summed E-state index contributed by atoms with van der Waals surface area (Å²) < 4.78 is 0. The Bertz CT molecular complexity index is 904. The Morgan fingerprint density at radius 1 is 0.968 bits per heavy atom. The van der Waals surface area contributed by atoms with Crippen LogP contribution in [0.15, 0.2) is 48.5 Å². The molecular weight excluding hydrogens is 410 g/mol. The molecule has 5 nitrogen and oxygen atoms in total. The molecule has 4 rings (SSSR count). The van der Waals surface area contributed by atoms with Gasteiger partial charge in [0.25, 0.3) is 5.91 Å². The Balaban J connectivity index is 1.50. The van der Waals surface area contributed by atoms with Crippen molar-refractivity contribution in [2.45, 2.75) is 32.1 Å². The number of carbonyl (C=O) groups excluding carboxylic acids is 2. The lowest BCUT2D eigenvalue weighted by Crippen LogP contribution is -2.36. The van der Waals surface area contributed by atoms with E-state index in [-0.39, 0.29) is 17.7 Å². The van der Waals surface area contributed by atoms with Crippen LogP contribution in [0.25, 0.3) is 0 Å². The Morgan fingerprint density at radius 3 is 2.35 bits per heavy atom. The highest BCUT2D eigenvalue weighted by Gasteiger charge is 2.27. The van der Waals surface area contributed by atoms with Gasteiger partial charge in [-0.25, -0.2) is 0 Å². The summed E-state index contributed by atoms with van der Waals surface area (Å²) in [5, 5.41) is 2.78. The van der Waals surface area contributed by atoms with Gasteiger partial charge in [-0.3, -0.25) is 9.59 Å². The van der Waals surface area contributed by atoms with Crippen molar-refractivity contribution in [1.29, 1.82) is 0 Å². The molecular formula is C25H30ClN3O2. The summed E-state index contributed by atoms with van der Waals surface area (Å²) in [6, 6.07) is 16.3. The zero-order valence-electron chi connectivity index (χ0n) is 17.9. The monoisotopic (exact) mass is 439 g/mol. The van der Waals surface area contributed by atoms with Gasteiger partial charge in [-0.2, -0.15) is 0 Å². The summed E-state index contributed by atoms with van der Waals surface area (Å²) in [7, 11) is 0. The lowest BCUT2D eigenvalue weighted by molar-refractivity contribution is -0.113. The number of rotatable bonds is 6. The molecule has 31 heavy (non-hydrogen) atoms. The van der Waals surface area contributed by atoms with Crippen molar-refractivity contribution in [1.82, 2.24) is 4.90 Å². The fraction of sp³-hybridized carbons (Fsp3) is 0.440. The molecule has 2 aromatic carbocycles. The first-order chi connectivity index (χ1) is 15.1. The van der Waals surface area contributed by atoms with Crippen LogP contribution in [-0.2, 0) is 11.2 Å². The lowest BCUT2D eigenvalue weighted by atomic mass is 9.89. The van der Waals surface area contributed by atoms with Crippen LogP contribution in [0.3, 0.4) is 0 Å². The topological polar surface area (TPSA) is 52.7 Å². The smallest absolute Gasteiger partial charge is 0.256 e. The molecule has 2 aromatic rings. The van der Waals surface area contributed by atoms with Crippen LogP contribution < -0.4 is 10.2 Å². The van der Waals surface area contributed by atoms with Gasteiger partial charge >= 0.3 is 0 Å². The maximum absolute atomic E-state index is 13.3. The van der Waals surface area contributed by atoms with Crippen LogP contribution in [0.4, 0.5) is 11.4 Å². The summed E-state index contributed by atoms with van der Waals surface area (Å²) >= 11 is 5.64. The number of hydrogen-bond acceptors (Lipinski definition) is 3. The highest BCUT2D eigenvalue weighted by molar-refractivity contribution is 6.29. The van der Waals surface area contributed by atoms with E-state index in [0.717, 1.165) is 64.0 Å². The van der Waals surface area contributed by atoms with Gasteiger partial charge in [0.05, 0.1) is 5.56 Å². The normalized spacial score (nSPS) is 17.1. The number of anilines is 2. The summed E-state index contributed by atoms with van der Waals surface area (Å²) in [6.07, 6.45) is 5.43. The molecule has 2 aliphatic heterocycles.